The van der Waals surface area contributed by atoms with Crippen LogP contribution in [0.5, 0.6) is 0 Å². The largest absolute Gasteiger partial charge is 0.432 e. The molecule has 1 aromatic carbocycles. The fourth-order valence-corrected chi connectivity index (χ4v) is 4.74. The van der Waals surface area contributed by atoms with Gasteiger partial charge in [0.05, 0.1) is 11.4 Å². The van der Waals surface area contributed by atoms with E-state index in [0.29, 0.717) is 11.4 Å². The second kappa shape index (κ2) is 9.91. The van der Waals surface area contributed by atoms with E-state index in [9.17, 15) is 13.2 Å². The number of benzene rings is 1. The number of unbranched alkanes of at least 4 members (excludes halogenated alkanes) is 3. The third-order valence-corrected chi connectivity index (χ3v) is 6.63. The molecule has 0 saturated heterocycles. The van der Waals surface area contributed by atoms with Gasteiger partial charge in [-0.15, -0.1) is 11.3 Å². The number of rotatable bonds is 8. The molecule has 3 heterocycles. The number of hydrogen-bond acceptors (Lipinski definition) is 3. The summed E-state index contributed by atoms with van der Waals surface area (Å²) in [4.78, 5) is 5.81. The van der Waals surface area contributed by atoms with Crippen molar-refractivity contribution in [3.63, 3.8) is 0 Å². The van der Waals surface area contributed by atoms with Gasteiger partial charge in [0.25, 0.3) is 0 Å². The minimum atomic E-state index is -4.48. The highest BCUT2D eigenvalue weighted by Crippen LogP contribution is 2.36. The van der Waals surface area contributed by atoms with Crippen LogP contribution in [0.3, 0.4) is 0 Å². The Kier molecular flexibility index (Phi) is 6.98. The fourth-order valence-electron chi connectivity index (χ4n) is 3.79. The summed E-state index contributed by atoms with van der Waals surface area (Å²) in [6, 6.07) is 15.0. The molecule has 0 saturated carbocycles. The lowest BCUT2D eigenvalue weighted by Crippen LogP contribution is -2.04. The van der Waals surface area contributed by atoms with Crippen LogP contribution in [0.1, 0.15) is 49.4 Å². The van der Waals surface area contributed by atoms with Crippen LogP contribution >= 0.6 is 11.3 Å². The summed E-state index contributed by atoms with van der Waals surface area (Å²) in [5, 5.41) is 8.09. The Balaban J connectivity index is 1.77. The summed E-state index contributed by atoms with van der Waals surface area (Å²) in [6.45, 7) is 4.21. The van der Waals surface area contributed by atoms with Gasteiger partial charge in [0, 0.05) is 10.4 Å². The molecule has 4 aromatic rings. The van der Waals surface area contributed by atoms with Crippen LogP contribution in [0.25, 0.3) is 33.1 Å². The number of aromatic nitrogens is 3. The van der Waals surface area contributed by atoms with E-state index in [2.05, 4.69) is 33.6 Å². The summed E-state index contributed by atoms with van der Waals surface area (Å²) in [5.74, 6) is 0. The van der Waals surface area contributed by atoms with Gasteiger partial charge in [-0.3, -0.25) is 5.10 Å². The maximum Gasteiger partial charge on any atom is 0.432 e. The number of pyridine rings is 1. The standard InChI is InChI=1S/C26H26F3N3S/c1-3-4-5-6-7-19-12-13-33-25(19)20-14-21(18-10-8-17(2)9-11-18)30-22(15-20)23-16-24(32-31-23)26(27,28)29/h8-16H,3-7H2,1-2H3,(H,31,32). The number of nitrogens with zero attached hydrogens (tertiary/aromatic N) is 2. The molecule has 33 heavy (non-hydrogen) atoms. The molecule has 0 amide bonds. The van der Waals surface area contributed by atoms with Gasteiger partial charge in [0.2, 0.25) is 0 Å². The first kappa shape index (κ1) is 23.2. The molecule has 0 bridgehead atoms. The van der Waals surface area contributed by atoms with Crippen LogP contribution < -0.4 is 0 Å². The van der Waals surface area contributed by atoms with E-state index in [1.165, 1.54) is 24.8 Å². The van der Waals surface area contributed by atoms with Crippen LogP contribution in [0.2, 0.25) is 0 Å². The van der Waals surface area contributed by atoms with Crippen molar-refractivity contribution >= 4 is 11.3 Å². The molecule has 0 atom stereocenters. The first-order valence-electron chi connectivity index (χ1n) is 11.1. The SMILES string of the molecule is CCCCCCc1ccsc1-c1cc(-c2ccc(C)cc2)nc(-c2cc(C(F)(F)F)[nH]n2)c1. The monoisotopic (exact) mass is 469 g/mol. The number of thiophene rings is 1. The van der Waals surface area contributed by atoms with Crippen molar-refractivity contribution in [2.45, 2.75) is 52.1 Å². The van der Waals surface area contributed by atoms with E-state index < -0.39 is 11.9 Å². The Morgan fingerprint density at radius 1 is 0.879 bits per heavy atom. The summed E-state index contributed by atoms with van der Waals surface area (Å²) in [6.07, 6.45) is 1.22. The van der Waals surface area contributed by atoms with E-state index in [1.807, 2.05) is 43.3 Å². The van der Waals surface area contributed by atoms with E-state index >= 15 is 0 Å². The minimum Gasteiger partial charge on any atom is -0.273 e. The van der Waals surface area contributed by atoms with Crippen molar-refractivity contribution < 1.29 is 13.2 Å². The average molecular weight is 470 g/mol. The molecular weight excluding hydrogens is 443 g/mol. The highest BCUT2D eigenvalue weighted by Gasteiger charge is 2.33. The number of aromatic amines is 1. The second-order valence-electron chi connectivity index (χ2n) is 8.24. The van der Waals surface area contributed by atoms with Gasteiger partial charge >= 0.3 is 6.18 Å². The Morgan fingerprint density at radius 2 is 1.64 bits per heavy atom. The summed E-state index contributed by atoms with van der Waals surface area (Å²) in [5.41, 5.74) is 4.69. The third kappa shape index (κ3) is 5.53. The van der Waals surface area contributed by atoms with E-state index in [-0.39, 0.29) is 5.69 Å². The quantitative estimate of drug-likeness (QED) is 0.264. The lowest BCUT2D eigenvalue weighted by atomic mass is 10.0. The van der Waals surface area contributed by atoms with Crippen molar-refractivity contribution in [1.82, 2.24) is 15.2 Å². The molecule has 3 nitrogen and oxygen atoms in total. The lowest BCUT2D eigenvalue weighted by Gasteiger charge is -2.10. The van der Waals surface area contributed by atoms with Crippen LogP contribution in [-0.2, 0) is 12.6 Å². The van der Waals surface area contributed by atoms with E-state index in [0.717, 1.165) is 40.5 Å². The Bertz CT molecular complexity index is 1210. The molecule has 0 aliphatic rings. The minimum absolute atomic E-state index is 0.179. The smallest absolute Gasteiger partial charge is 0.273 e. The zero-order valence-electron chi connectivity index (χ0n) is 18.7. The Hall–Kier alpha value is -2.93. The highest BCUT2D eigenvalue weighted by molar-refractivity contribution is 7.13. The molecule has 172 valence electrons. The molecule has 0 spiro atoms. The number of nitrogens with one attached hydrogen (secondary N) is 1. The predicted molar refractivity (Wildman–Crippen MR) is 128 cm³/mol. The van der Waals surface area contributed by atoms with Crippen molar-refractivity contribution in [3.8, 4) is 33.1 Å². The summed E-state index contributed by atoms with van der Waals surface area (Å²) >= 11 is 1.65. The second-order valence-corrected chi connectivity index (χ2v) is 9.16. The zero-order chi connectivity index (χ0) is 23.4. The molecule has 0 unspecified atom stereocenters. The normalized spacial score (nSPS) is 11.8. The van der Waals surface area contributed by atoms with Gasteiger partial charge in [-0.05, 0) is 60.5 Å². The number of aryl methyl sites for hydroxylation is 2. The number of hydrogen-bond donors (Lipinski definition) is 1. The predicted octanol–water partition coefficient (Wildman–Crippen LogP) is 8.32. The molecule has 1 N–H and O–H groups in total. The van der Waals surface area contributed by atoms with Gasteiger partial charge in [0.1, 0.15) is 11.4 Å². The zero-order valence-corrected chi connectivity index (χ0v) is 19.5. The van der Waals surface area contributed by atoms with Crippen molar-refractivity contribution in [3.05, 3.63) is 70.7 Å². The number of alkyl halides is 3. The van der Waals surface area contributed by atoms with Gasteiger partial charge in [-0.25, -0.2) is 4.98 Å². The fraction of sp³-hybridized carbons (Fsp3) is 0.308. The van der Waals surface area contributed by atoms with Gasteiger partial charge in [-0.1, -0.05) is 56.0 Å². The summed E-state index contributed by atoms with van der Waals surface area (Å²) < 4.78 is 39.4. The maximum absolute atomic E-state index is 13.1. The van der Waals surface area contributed by atoms with Crippen molar-refractivity contribution in [1.29, 1.82) is 0 Å². The molecule has 3 aromatic heterocycles. The van der Waals surface area contributed by atoms with Crippen molar-refractivity contribution in [2.75, 3.05) is 0 Å². The van der Waals surface area contributed by atoms with Gasteiger partial charge in [0.15, 0.2) is 0 Å². The maximum atomic E-state index is 13.1. The number of H-pyrrole nitrogens is 1. The van der Waals surface area contributed by atoms with Crippen LogP contribution in [0, 0.1) is 6.92 Å². The molecule has 0 aliphatic heterocycles. The summed E-state index contributed by atoms with van der Waals surface area (Å²) in [7, 11) is 0. The lowest BCUT2D eigenvalue weighted by molar-refractivity contribution is -0.141. The first-order valence-corrected chi connectivity index (χ1v) is 12.0. The van der Waals surface area contributed by atoms with Gasteiger partial charge < -0.3 is 0 Å². The molecular formula is C26H26F3N3S. The first-order chi connectivity index (χ1) is 15.8. The van der Waals surface area contributed by atoms with Crippen LogP contribution in [-0.4, -0.2) is 15.2 Å². The van der Waals surface area contributed by atoms with Crippen molar-refractivity contribution in [2.24, 2.45) is 0 Å². The van der Waals surface area contributed by atoms with Crippen LogP contribution in [0.15, 0.2) is 53.9 Å². The Morgan fingerprint density at radius 3 is 2.33 bits per heavy atom. The topological polar surface area (TPSA) is 41.6 Å². The highest BCUT2D eigenvalue weighted by atomic mass is 32.1. The third-order valence-electron chi connectivity index (χ3n) is 5.63. The average Bonchev–Trinajstić information content (AvgIpc) is 3.47. The molecule has 7 heteroatoms. The molecule has 0 radical (unpaired) electrons. The van der Waals surface area contributed by atoms with Crippen LogP contribution in [0.4, 0.5) is 13.2 Å². The Labute approximate surface area is 195 Å². The molecule has 0 fully saturated rings. The molecule has 0 aliphatic carbocycles. The van der Waals surface area contributed by atoms with E-state index in [1.54, 1.807) is 11.3 Å². The molecule has 4 rings (SSSR count). The van der Waals surface area contributed by atoms with E-state index in [4.69, 9.17) is 0 Å². The van der Waals surface area contributed by atoms with Gasteiger partial charge in [-0.2, -0.15) is 18.3 Å². The number of halogens is 3.